The van der Waals surface area contributed by atoms with Gasteiger partial charge in [-0.25, -0.2) is 12.8 Å². The summed E-state index contributed by atoms with van der Waals surface area (Å²) in [6.07, 6.45) is 3.82. The SMILES string of the molecule is Cc1ccc(S(=O)(=O)N(CC(=O)N(Cc2c(Cl)cccc2Cl)[C@@H](Cc2ccccc2)C(=O)NC2CCCC2)c2ccc(F)cc2)cc1. The molecular weight excluding hydrogens is 660 g/mol. The van der Waals surface area contributed by atoms with Crippen LogP contribution in [-0.4, -0.2) is 43.8 Å². The Balaban J connectivity index is 1.59. The molecule has 0 unspecified atom stereocenters. The summed E-state index contributed by atoms with van der Waals surface area (Å²) in [4.78, 5) is 30.0. The van der Waals surface area contributed by atoms with Crippen LogP contribution in [0.25, 0.3) is 0 Å². The maximum Gasteiger partial charge on any atom is 0.264 e. The Hall–Kier alpha value is -3.92. The molecule has 0 radical (unpaired) electrons. The molecule has 11 heteroatoms. The first kappa shape index (κ1) is 34.4. The van der Waals surface area contributed by atoms with Crippen LogP contribution in [0.3, 0.4) is 0 Å². The highest BCUT2D eigenvalue weighted by Crippen LogP contribution is 2.29. The molecule has 0 bridgehead atoms. The van der Waals surface area contributed by atoms with E-state index in [0.717, 1.165) is 53.2 Å². The summed E-state index contributed by atoms with van der Waals surface area (Å²) in [5.74, 6) is -1.58. The van der Waals surface area contributed by atoms with E-state index in [1.54, 1.807) is 30.3 Å². The van der Waals surface area contributed by atoms with Crippen LogP contribution < -0.4 is 9.62 Å². The fourth-order valence-corrected chi connectivity index (χ4v) is 7.68. The number of aryl methyl sites for hydroxylation is 1. The molecule has 0 heterocycles. The number of benzene rings is 4. The summed E-state index contributed by atoms with van der Waals surface area (Å²) >= 11 is 13.2. The number of carbonyl (C=O) groups excluding carboxylic acids is 2. The summed E-state index contributed by atoms with van der Waals surface area (Å²) in [6, 6.07) is 24.3. The molecule has 47 heavy (non-hydrogen) atoms. The maximum atomic E-state index is 14.6. The molecule has 4 aromatic carbocycles. The molecule has 1 aliphatic rings. The number of nitrogens with zero attached hydrogens (tertiary/aromatic N) is 2. The number of carbonyl (C=O) groups is 2. The van der Waals surface area contributed by atoms with Crippen LogP contribution in [0.15, 0.2) is 102 Å². The van der Waals surface area contributed by atoms with Gasteiger partial charge in [0.2, 0.25) is 11.8 Å². The van der Waals surface area contributed by atoms with E-state index in [1.165, 1.54) is 29.2 Å². The van der Waals surface area contributed by atoms with Gasteiger partial charge in [0.25, 0.3) is 10.0 Å². The summed E-state index contributed by atoms with van der Waals surface area (Å²) < 4.78 is 43.2. The van der Waals surface area contributed by atoms with Gasteiger partial charge in [0.05, 0.1) is 10.6 Å². The van der Waals surface area contributed by atoms with Gasteiger partial charge >= 0.3 is 0 Å². The van der Waals surface area contributed by atoms with Crippen molar-refractivity contribution in [1.82, 2.24) is 10.2 Å². The lowest BCUT2D eigenvalue weighted by Crippen LogP contribution is -2.54. The average Bonchev–Trinajstić information content (AvgIpc) is 3.57. The quantitative estimate of drug-likeness (QED) is 0.168. The topological polar surface area (TPSA) is 86.8 Å². The number of hydrogen-bond acceptors (Lipinski definition) is 4. The van der Waals surface area contributed by atoms with E-state index in [4.69, 9.17) is 23.2 Å². The molecule has 5 rings (SSSR count). The van der Waals surface area contributed by atoms with Crippen molar-refractivity contribution in [2.24, 2.45) is 0 Å². The van der Waals surface area contributed by atoms with Gasteiger partial charge in [0, 0.05) is 34.6 Å². The lowest BCUT2D eigenvalue weighted by atomic mass is 10.0. The molecular formula is C36H36Cl2FN3O4S. The smallest absolute Gasteiger partial charge is 0.264 e. The molecule has 0 aliphatic heterocycles. The minimum atomic E-state index is -4.31. The predicted molar refractivity (Wildman–Crippen MR) is 183 cm³/mol. The summed E-state index contributed by atoms with van der Waals surface area (Å²) in [5, 5.41) is 3.73. The number of rotatable bonds is 12. The van der Waals surface area contributed by atoms with Crippen LogP contribution in [0.2, 0.25) is 10.0 Å². The molecule has 7 nitrogen and oxygen atoms in total. The zero-order valence-corrected chi connectivity index (χ0v) is 28.2. The van der Waals surface area contributed by atoms with Gasteiger partial charge in [-0.05, 0) is 73.9 Å². The minimum absolute atomic E-state index is 0.0285. The van der Waals surface area contributed by atoms with Crippen molar-refractivity contribution in [2.45, 2.75) is 62.6 Å². The van der Waals surface area contributed by atoms with Gasteiger partial charge in [-0.2, -0.15) is 0 Å². The Bertz CT molecular complexity index is 1780. The van der Waals surface area contributed by atoms with Crippen molar-refractivity contribution in [2.75, 3.05) is 10.8 Å². The predicted octanol–water partition coefficient (Wildman–Crippen LogP) is 7.34. The van der Waals surface area contributed by atoms with Crippen molar-refractivity contribution in [3.63, 3.8) is 0 Å². The highest BCUT2D eigenvalue weighted by molar-refractivity contribution is 7.92. The van der Waals surface area contributed by atoms with Gasteiger partial charge in [-0.15, -0.1) is 0 Å². The van der Waals surface area contributed by atoms with Crippen LogP contribution in [-0.2, 0) is 32.6 Å². The number of halogens is 3. The molecule has 2 amide bonds. The molecule has 1 aliphatic carbocycles. The minimum Gasteiger partial charge on any atom is -0.352 e. The molecule has 0 aromatic heterocycles. The Morgan fingerprint density at radius 3 is 2.11 bits per heavy atom. The first-order valence-corrected chi connectivity index (χ1v) is 17.6. The molecule has 1 fully saturated rings. The van der Waals surface area contributed by atoms with Crippen LogP contribution in [0, 0.1) is 12.7 Å². The molecule has 1 N–H and O–H groups in total. The van der Waals surface area contributed by atoms with Gasteiger partial charge < -0.3 is 10.2 Å². The summed E-state index contributed by atoms with van der Waals surface area (Å²) in [6.45, 7) is 1.000. The van der Waals surface area contributed by atoms with Gasteiger partial charge in [0.1, 0.15) is 18.4 Å². The Morgan fingerprint density at radius 1 is 0.872 bits per heavy atom. The van der Waals surface area contributed by atoms with E-state index in [0.29, 0.717) is 15.6 Å². The van der Waals surface area contributed by atoms with Gasteiger partial charge in [-0.1, -0.05) is 90.1 Å². The highest BCUT2D eigenvalue weighted by atomic mass is 35.5. The number of amides is 2. The van der Waals surface area contributed by atoms with Crippen molar-refractivity contribution in [1.29, 1.82) is 0 Å². The van der Waals surface area contributed by atoms with Crippen LogP contribution in [0.4, 0.5) is 10.1 Å². The zero-order valence-electron chi connectivity index (χ0n) is 25.9. The van der Waals surface area contributed by atoms with E-state index in [9.17, 15) is 22.4 Å². The Kier molecular flexibility index (Phi) is 11.2. The number of sulfonamides is 1. The molecule has 4 aromatic rings. The highest BCUT2D eigenvalue weighted by Gasteiger charge is 2.36. The number of anilines is 1. The molecule has 0 spiro atoms. The molecule has 1 saturated carbocycles. The second-order valence-electron chi connectivity index (χ2n) is 11.7. The fraction of sp³-hybridized carbons (Fsp3) is 0.278. The number of hydrogen-bond donors (Lipinski definition) is 1. The third kappa shape index (κ3) is 8.52. The van der Waals surface area contributed by atoms with Crippen LogP contribution >= 0.6 is 23.2 Å². The van der Waals surface area contributed by atoms with Crippen molar-refractivity contribution >= 4 is 50.7 Å². The molecule has 1 atom stereocenters. The monoisotopic (exact) mass is 695 g/mol. The third-order valence-corrected chi connectivity index (χ3v) is 10.9. The van der Waals surface area contributed by atoms with Gasteiger partial charge in [0.15, 0.2) is 0 Å². The van der Waals surface area contributed by atoms with Crippen molar-refractivity contribution in [3.05, 3.63) is 130 Å². The second kappa shape index (κ2) is 15.3. The van der Waals surface area contributed by atoms with Crippen molar-refractivity contribution in [3.8, 4) is 0 Å². The first-order valence-electron chi connectivity index (χ1n) is 15.4. The zero-order chi connectivity index (χ0) is 33.6. The average molecular weight is 697 g/mol. The van der Waals surface area contributed by atoms with Crippen LogP contribution in [0.5, 0.6) is 0 Å². The molecule has 246 valence electrons. The normalized spacial score (nSPS) is 14.0. The largest absolute Gasteiger partial charge is 0.352 e. The van der Waals surface area contributed by atoms with E-state index in [1.807, 2.05) is 37.3 Å². The molecule has 0 saturated heterocycles. The lowest BCUT2D eigenvalue weighted by Gasteiger charge is -2.34. The fourth-order valence-electron chi connectivity index (χ4n) is 5.75. The maximum absolute atomic E-state index is 14.6. The summed E-state index contributed by atoms with van der Waals surface area (Å²) in [7, 11) is -4.31. The van der Waals surface area contributed by atoms with E-state index in [2.05, 4.69) is 5.32 Å². The Labute approximate surface area is 285 Å². The standard InChI is InChI=1S/C36H36Cl2FN3O4S/c1-25-14-20-30(21-15-25)47(45,46)42(29-18-16-27(39)17-19-29)24-35(43)41(23-31-32(37)12-7-13-33(31)38)34(22-26-8-3-2-4-9-26)36(44)40-28-10-5-6-11-28/h2-4,7-9,12-21,28,34H,5-6,10-11,22-24H2,1H3,(H,40,44)/t34-/m0/s1. The van der Waals surface area contributed by atoms with E-state index < -0.39 is 34.3 Å². The van der Waals surface area contributed by atoms with Gasteiger partial charge in [-0.3, -0.25) is 13.9 Å². The van der Waals surface area contributed by atoms with E-state index in [-0.39, 0.29) is 35.5 Å². The first-order chi connectivity index (χ1) is 22.5. The van der Waals surface area contributed by atoms with Crippen molar-refractivity contribution < 1.29 is 22.4 Å². The second-order valence-corrected chi connectivity index (χ2v) is 14.4. The summed E-state index contributed by atoms with van der Waals surface area (Å²) in [5.41, 5.74) is 2.18. The number of nitrogens with one attached hydrogen (secondary N) is 1. The van der Waals surface area contributed by atoms with E-state index >= 15 is 0 Å². The van der Waals surface area contributed by atoms with Crippen LogP contribution in [0.1, 0.15) is 42.4 Å². The Morgan fingerprint density at radius 2 is 1.49 bits per heavy atom. The third-order valence-electron chi connectivity index (χ3n) is 8.37. The lowest BCUT2D eigenvalue weighted by molar-refractivity contribution is -0.140.